The number of rotatable bonds is 1. The third-order valence-corrected chi connectivity index (χ3v) is 5.42. The summed E-state index contributed by atoms with van der Waals surface area (Å²) < 4.78 is 0. The van der Waals surface area contributed by atoms with Crippen molar-refractivity contribution in [3.8, 4) is 0 Å². The summed E-state index contributed by atoms with van der Waals surface area (Å²) in [5.74, 6) is 0.450. The van der Waals surface area contributed by atoms with Crippen molar-refractivity contribution in [1.82, 2.24) is 9.80 Å². The Labute approximate surface area is 111 Å². The van der Waals surface area contributed by atoms with Gasteiger partial charge in [-0.2, -0.15) is 0 Å². The maximum absolute atomic E-state index is 12.3. The van der Waals surface area contributed by atoms with Crippen LogP contribution in [0.4, 0.5) is 0 Å². The molecule has 102 valence electrons. The Balaban J connectivity index is 1.66. The summed E-state index contributed by atoms with van der Waals surface area (Å²) in [6.07, 6.45) is 9.79. The molecule has 2 saturated heterocycles. The van der Waals surface area contributed by atoms with Gasteiger partial charge in [-0.15, -0.1) is 0 Å². The van der Waals surface area contributed by atoms with Crippen molar-refractivity contribution < 1.29 is 4.79 Å². The van der Waals surface area contributed by atoms with Gasteiger partial charge in [0.25, 0.3) is 0 Å². The van der Waals surface area contributed by atoms with E-state index in [2.05, 4.69) is 16.8 Å². The lowest BCUT2D eigenvalue weighted by molar-refractivity contribution is -0.130. The molecule has 3 aliphatic rings. The molecule has 0 atom stereocenters. The molecule has 0 aromatic heterocycles. The number of hydrogen-bond acceptors (Lipinski definition) is 2. The molecular formula is C15H26N2O. The molecule has 0 aromatic rings. The van der Waals surface area contributed by atoms with E-state index in [0.717, 1.165) is 13.0 Å². The van der Waals surface area contributed by atoms with Gasteiger partial charge in [0.15, 0.2) is 0 Å². The van der Waals surface area contributed by atoms with Crippen LogP contribution in [0.25, 0.3) is 0 Å². The molecule has 3 fully saturated rings. The molecule has 18 heavy (non-hydrogen) atoms. The lowest BCUT2D eigenvalue weighted by Crippen LogP contribution is -2.42. The van der Waals surface area contributed by atoms with Gasteiger partial charge in [0.1, 0.15) is 0 Å². The first-order chi connectivity index (χ1) is 8.69. The van der Waals surface area contributed by atoms with E-state index in [9.17, 15) is 4.79 Å². The first-order valence-corrected chi connectivity index (χ1v) is 7.67. The van der Waals surface area contributed by atoms with E-state index in [4.69, 9.17) is 0 Å². The highest BCUT2D eigenvalue weighted by atomic mass is 16.2. The number of likely N-dealkylation sites (tertiary alicyclic amines) is 2. The fourth-order valence-corrected chi connectivity index (χ4v) is 4.08. The SMILES string of the molecule is CN1CCC2(CC1)CC(=O)N(C1CCCCC1)C2. The van der Waals surface area contributed by atoms with Crippen molar-refractivity contribution in [2.75, 3.05) is 26.7 Å². The number of hydrogen-bond donors (Lipinski definition) is 0. The Morgan fingerprint density at radius 1 is 1.11 bits per heavy atom. The number of amides is 1. The predicted octanol–water partition coefficient (Wildman–Crippen LogP) is 2.26. The van der Waals surface area contributed by atoms with Gasteiger partial charge in [-0.25, -0.2) is 0 Å². The van der Waals surface area contributed by atoms with Crippen LogP contribution in [0.2, 0.25) is 0 Å². The highest BCUT2D eigenvalue weighted by molar-refractivity contribution is 5.80. The third kappa shape index (κ3) is 2.29. The lowest BCUT2D eigenvalue weighted by atomic mass is 9.77. The number of nitrogens with zero attached hydrogens (tertiary/aromatic N) is 2. The maximum atomic E-state index is 12.3. The third-order valence-electron chi connectivity index (χ3n) is 5.42. The second kappa shape index (κ2) is 4.84. The molecule has 2 heterocycles. The summed E-state index contributed by atoms with van der Waals surface area (Å²) in [7, 11) is 2.20. The minimum atomic E-state index is 0.334. The molecule has 0 radical (unpaired) electrons. The van der Waals surface area contributed by atoms with E-state index < -0.39 is 0 Å². The number of piperidine rings is 1. The Morgan fingerprint density at radius 2 is 1.78 bits per heavy atom. The number of carbonyl (C=O) groups excluding carboxylic acids is 1. The quantitative estimate of drug-likeness (QED) is 0.713. The monoisotopic (exact) mass is 250 g/mol. The smallest absolute Gasteiger partial charge is 0.223 e. The van der Waals surface area contributed by atoms with Crippen LogP contribution in [0.5, 0.6) is 0 Å². The molecular weight excluding hydrogens is 224 g/mol. The van der Waals surface area contributed by atoms with Crippen molar-refractivity contribution in [3.63, 3.8) is 0 Å². The summed E-state index contributed by atoms with van der Waals surface area (Å²) in [4.78, 5) is 17.0. The molecule has 0 aromatic carbocycles. The van der Waals surface area contributed by atoms with Crippen LogP contribution < -0.4 is 0 Å². The molecule has 0 N–H and O–H groups in total. The highest BCUT2D eigenvalue weighted by Crippen LogP contribution is 2.42. The lowest BCUT2D eigenvalue weighted by Gasteiger charge is -2.38. The molecule has 3 rings (SSSR count). The largest absolute Gasteiger partial charge is 0.339 e. The summed E-state index contributed by atoms with van der Waals surface area (Å²) in [5, 5.41) is 0. The van der Waals surface area contributed by atoms with Gasteiger partial charge in [0.05, 0.1) is 0 Å². The molecule has 1 saturated carbocycles. The van der Waals surface area contributed by atoms with E-state index in [1.807, 2.05) is 0 Å². The van der Waals surface area contributed by atoms with Crippen molar-refractivity contribution in [2.24, 2.45) is 5.41 Å². The summed E-state index contributed by atoms with van der Waals surface area (Å²) in [5.41, 5.74) is 0.334. The minimum Gasteiger partial charge on any atom is -0.339 e. The van der Waals surface area contributed by atoms with Crippen LogP contribution in [0.3, 0.4) is 0 Å². The van der Waals surface area contributed by atoms with Crippen molar-refractivity contribution in [1.29, 1.82) is 0 Å². The zero-order chi connectivity index (χ0) is 12.6. The molecule has 3 heteroatoms. The fraction of sp³-hybridized carbons (Fsp3) is 0.933. The van der Waals surface area contributed by atoms with E-state index in [1.54, 1.807) is 0 Å². The maximum Gasteiger partial charge on any atom is 0.223 e. The van der Waals surface area contributed by atoms with Crippen LogP contribution in [-0.2, 0) is 4.79 Å². The molecule has 0 unspecified atom stereocenters. The standard InChI is InChI=1S/C15H26N2O/c1-16-9-7-15(8-10-16)11-14(18)17(12-15)13-5-3-2-4-6-13/h13H,2-12H2,1H3. The van der Waals surface area contributed by atoms with E-state index >= 15 is 0 Å². The fourth-order valence-electron chi connectivity index (χ4n) is 4.08. The number of carbonyl (C=O) groups is 1. The van der Waals surface area contributed by atoms with Crippen LogP contribution in [0, 0.1) is 5.41 Å². The van der Waals surface area contributed by atoms with Crippen LogP contribution in [0.15, 0.2) is 0 Å². The Morgan fingerprint density at radius 3 is 2.44 bits per heavy atom. The van der Waals surface area contributed by atoms with Crippen molar-refractivity contribution >= 4 is 5.91 Å². The van der Waals surface area contributed by atoms with Crippen molar-refractivity contribution in [2.45, 2.75) is 57.4 Å². The van der Waals surface area contributed by atoms with Gasteiger partial charge >= 0.3 is 0 Å². The van der Waals surface area contributed by atoms with E-state index in [-0.39, 0.29) is 0 Å². The second-order valence-corrected chi connectivity index (χ2v) is 6.79. The zero-order valence-electron chi connectivity index (χ0n) is 11.7. The van der Waals surface area contributed by atoms with Gasteiger partial charge in [-0.3, -0.25) is 4.79 Å². The molecule has 1 amide bonds. The van der Waals surface area contributed by atoms with Crippen LogP contribution in [-0.4, -0.2) is 48.4 Å². The zero-order valence-corrected chi connectivity index (χ0v) is 11.7. The molecule has 1 aliphatic carbocycles. The van der Waals surface area contributed by atoms with E-state index in [0.29, 0.717) is 17.4 Å². The molecule has 0 bridgehead atoms. The van der Waals surface area contributed by atoms with Gasteiger partial charge < -0.3 is 9.80 Å². The van der Waals surface area contributed by atoms with Gasteiger partial charge in [0.2, 0.25) is 5.91 Å². The van der Waals surface area contributed by atoms with Gasteiger partial charge in [-0.1, -0.05) is 19.3 Å². The Bertz CT molecular complexity index is 314. The Hall–Kier alpha value is -0.570. The minimum absolute atomic E-state index is 0.334. The first-order valence-electron chi connectivity index (χ1n) is 7.67. The van der Waals surface area contributed by atoms with Gasteiger partial charge in [-0.05, 0) is 51.2 Å². The Kier molecular flexibility index (Phi) is 3.35. The van der Waals surface area contributed by atoms with Crippen LogP contribution >= 0.6 is 0 Å². The van der Waals surface area contributed by atoms with Crippen LogP contribution in [0.1, 0.15) is 51.4 Å². The van der Waals surface area contributed by atoms with Gasteiger partial charge in [0, 0.05) is 19.0 Å². The first kappa shape index (κ1) is 12.5. The molecule has 2 aliphatic heterocycles. The average Bonchev–Trinajstić information content (AvgIpc) is 2.72. The average molecular weight is 250 g/mol. The molecule has 1 spiro atoms. The summed E-state index contributed by atoms with van der Waals surface area (Å²) in [6.45, 7) is 3.40. The second-order valence-electron chi connectivity index (χ2n) is 6.79. The normalized spacial score (nSPS) is 30.3. The van der Waals surface area contributed by atoms with Crippen molar-refractivity contribution in [3.05, 3.63) is 0 Å². The highest BCUT2D eigenvalue weighted by Gasteiger charge is 2.46. The predicted molar refractivity (Wildman–Crippen MR) is 72.4 cm³/mol. The summed E-state index contributed by atoms with van der Waals surface area (Å²) in [6, 6.07) is 0.574. The summed E-state index contributed by atoms with van der Waals surface area (Å²) >= 11 is 0. The van der Waals surface area contributed by atoms with E-state index in [1.165, 1.54) is 58.0 Å². The topological polar surface area (TPSA) is 23.6 Å². The molecule has 3 nitrogen and oxygen atoms in total.